The highest BCUT2D eigenvalue weighted by Gasteiger charge is 2.22. The fourth-order valence-corrected chi connectivity index (χ4v) is 2.31. The molecule has 1 aromatic carbocycles. The number of ether oxygens (including phenoxy) is 1. The molecule has 2 N–H and O–H groups in total. The Morgan fingerprint density at radius 2 is 2.29 bits per heavy atom. The Morgan fingerprint density at radius 1 is 1.52 bits per heavy atom. The van der Waals surface area contributed by atoms with Gasteiger partial charge in [-0.15, -0.1) is 0 Å². The molecule has 1 aromatic rings. The summed E-state index contributed by atoms with van der Waals surface area (Å²) in [6.07, 6.45) is 0.905. The van der Waals surface area contributed by atoms with Gasteiger partial charge in [-0.1, -0.05) is 6.07 Å². The summed E-state index contributed by atoms with van der Waals surface area (Å²) in [5, 5.41) is 12.2. The summed E-state index contributed by atoms with van der Waals surface area (Å²) in [5.74, 6) is 0.0291. The highest BCUT2D eigenvalue weighted by molar-refractivity contribution is 5.90. The molecule has 1 aliphatic heterocycles. The Morgan fingerprint density at radius 3 is 2.95 bits per heavy atom. The molecular formula is C14H18F2N2O3. The van der Waals surface area contributed by atoms with Gasteiger partial charge in [0.2, 0.25) is 0 Å². The molecule has 0 bridgehead atoms. The van der Waals surface area contributed by atoms with Crippen LogP contribution in [0.4, 0.5) is 19.3 Å². The van der Waals surface area contributed by atoms with Crippen molar-refractivity contribution in [1.82, 2.24) is 4.90 Å². The van der Waals surface area contributed by atoms with E-state index >= 15 is 0 Å². The number of hydrogen-bond donors (Lipinski definition) is 2. The van der Waals surface area contributed by atoms with E-state index < -0.39 is 12.7 Å². The quantitative estimate of drug-likeness (QED) is 0.902. The molecule has 21 heavy (non-hydrogen) atoms. The highest BCUT2D eigenvalue weighted by atomic mass is 19.3. The number of carbonyl (C=O) groups is 1. The zero-order chi connectivity index (χ0) is 15.4. The van der Waals surface area contributed by atoms with E-state index in [0.717, 1.165) is 6.42 Å². The molecule has 1 heterocycles. The number of aliphatic hydroxyl groups excluding tert-OH is 1. The molecule has 116 valence electrons. The van der Waals surface area contributed by atoms with Gasteiger partial charge >= 0.3 is 12.6 Å². The monoisotopic (exact) mass is 300 g/mol. The van der Waals surface area contributed by atoms with Crippen LogP contribution in [0.3, 0.4) is 0 Å². The van der Waals surface area contributed by atoms with E-state index in [1.165, 1.54) is 17.0 Å². The van der Waals surface area contributed by atoms with E-state index in [9.17, 15) is 18.7 Å². The first-order valence-corrected chi connectivity index (χ1v) is 6.76. The Labute approximate surface area is 121 Å². The first-order chi connectivity index (χ1) is 9.97. The third kappa shape index (κ3) is 4.04. The minimum Gasteiger partial charge on any atom is -0.434 e. The Balaban J connectivity index is 2.06. The standard InChI is InChI=1S/C14H18F2N2O3/c1-9-11(5-2-6-12(9)21-13(15)16)17-14(20)18-7-3-4-10(19)8-18/h2,5-6,10,13,19H,3-4,7-8H2,1H3,(H,17,20). The average Bonchev–Trinajstić information content (AvgIpc) is 2.42. The van der Waals surface area contributed by atoms with Crippen molar-refractivity contribution in [1.29, 1.82) is 0 Å². The number of β-amino-alcohol motifs (C(OH)–C–C–N with tert-alkyl or cyclic N) is 1. The zero-order valence-electron chi connectivity index (χ0n) is 11.7. The van der Waals surface area contributed by atoms with E-state index in [1.807, 2.05) is 0 Å². The summed E-state index contributed by atoms with van der Waals surface area (Å²) in [4.78, 5) is 13.6. The van der Waals surface area contributed by atoms with Gasteiger partial charge in [-0.25, -0.2) is 4.79 Å². The molecule has 1 atom stereocenters. The van der Waals surface area contributed by atoms with Gasteiger partial charge in [0.05, 0.1) is 6.10 Å². The molecule has 5 nitrogen and oxygen atoms in total. The summed E-state index contributed by atoms with van der Waals surface area (Å²) in [6, 6.07) is 4.21. The third-order valence-electron chi connectivity index (χ3n) is 3.43. The normalized spacial score (nSPS) is 18.7. The first kappa shape index (κ1) is 15.5. The second-order valence-electron chi connectivity index (χ2n) is 4.98. The molecule has 0 aliphatic carbocycles. The molecule has 2 amide bonds. The van der Waals surface area contributed by atoms with E-state index in [4.69, 9.17) is 0 Å². The number of nitrogens with one attached hydrogen (secondary N) is 1. The lowest BCUT2D eigenvalue weighted by Crippen LogP contribution is -2.44. The van der Waals surface area contributed by atoms with Crippen LogP contribution >= 0.6 is 0 Å². The second-order valence-corrected chi connectivity index (χ2v) is 4.98. The van der Waals surface area contributed by atoms with Crippen molar-refractivity contribution >= 4 is 11.7 Å². The van der Waals surface area contributed by atoms with Gasteiger partial charge in [-0.05, 0) is 31.9 Å². The van der Waals surface area contributed by atoms with Crippen LogP contribution in [0.1, 0.15) is 18.4 Å². The van der Waals surface area contributed by atoms with Gasteiger partial charge in [0.15, 0.2) is 0 Å². The molecule has 2 rings (SSSR count). The lowest BCUT2D eigenvalue weighted by Gasteiger charge is -2.30. The van der Waals surface area contributed by atoms with Crippen LogP contribution in [0.25, 0.3) is 0 Å². The Bertz CT molecular complexity index is 511. The highest BCUT2D eigenvalue weighted by Crippen LogP contribution is 2.27. The minimum absolute atomic E-state index is 0.0291. The van der Waals surface area contributed by atoms with Crippen molar-refractivity contribution in [2.45, 2.75) is 32.5 Å². The van der Waals surface area contributed by atoms with Gasteiger partial charge in [0.25, 0.3) is 0 Å². The fraction of sp³-hybridized carbons (Fsp3) is 0.500. The summed E-state index contributed by atoms with van der Waals surface area (Å²) in [5.41, 5.74) is 0.849. The van der Waals surface area contributed by atoms with E-state index in [0.29, 0.717) is 24.2 Å². The molecule has 0 saturated carbocycles. The van der Waals surface area contributed by atoms with Crippen LogP contribution in [0, 0.1) is 6.92 Å². The van der Waals surface area contributed by atoms with Crippen LogP contribution in [0.15, 0.2) is 18.2 Å². The van der Waals surface area contributed by atoms with Gasteiger partial charge in [-0.3, -0.25) is 0 Å². The SMILES string of the molecule is Cc1c(NC(=O)N2CCCC(O)C2)cccc1OC(F)F. The maximum atomic E-state index is 12.3. The van der Waals surface area contributed by atoms with Crippen molar-refractivity contribution in [3.05, 3.63) is 23.8 Å². The molecular weight excluding hydrogens is 282 g/mol. The van der Waals surface area contributed by atoms with E-state index in [1.54, 1.807) is 13.0 Å². The number of alkyl halides is 2. The van der Waals surface area contributed by atoms with Crippen molar-refractivity contribution in [3.63, 3.8) is 0 Å². The number of rotatable bonds is 3. The number of likely N-dealkylation sites (tertiary alicyclic amines) is 1. The molecule has 1 saturated heterocycles. The number of anilines is 1. The van der Waals surface area contributed by atoms with Crippen LogP contribution in [0.5, 0.6) is 5.75 Å². The summed E-state index contributed by atoms with van der Waals surface area (Å²) < 4.78 is 29.0. The molecule has 0 aromatic heterocycles. The Hall–Kier alpha value is -1.89. The first-order valence-electron chi connectivity index (χ1n) is 6.76. The smallest absolute Gasteiger partial charge is 0.387 e. The number of amides is 2. The van der Waals surface area contributed by atoms with Gasteiger partial charge in [0.1, 0.15) is 5.75 Å². The maximum absolute atomic E-state index is 12.3. The Kier molecular flexibility index (Phi) is 4.95. The maximum Gasteiger partial charge on any atom is 0.387 e. The van der Waals surface area contributed by atoms with Gasteiger partial charge < -0.3 is 20.1 Å². The summed E-state index contributed by atoms with van der Waals surface area (Å²) >= 11 is 0. The number of hydrogen-bond acceptors (Lipinski definition) is 3. The van der Waals surface area contributed by atoms with Crippen molar-refractivity contribution in [3.8, 4) is 5.75 Å². The number of urea groups is 1. The predicted molar refractivity (Wildman–Crippen MR) is 73.6 cm³/mol. The summed E-state index contributed by atoms with van der Waals surface area (Å²) in [7, 11) is 0. The van der Waals surface area contributed by atoms with Crippen LogP contribution < -0.4 is 10.1 Å². The van der Waals surface area contributed by atoms with Crippen molar-refractivity contribution in [2.24, 2.45) is 0 Å². The zero-order valence-corrected chi connectivity index (χ0v) is 11.7. The molecule has 1 unspecified atom stereocenters. The molecule has 0 spiro atoms. The molecule has 1 fully saturated rings. The number of benzene rings is 1. The lowest BCUT2D eigenvalue weighted by atomic mass is 10.1. The van der Waals surface area contributed by atoms with Crippen LogP contribution in [-0.4, -0.2) is 41.8 Å². The minimum atomic E-state index is -2.91. The number of halogens is 2. The van der Waals surface area contributed by atoms with Crippen LogP contribution in [0.2, 0.25) is 0 Å². The van der Waals surface area contributed by atoms with Crippen molar-refractivity contribution in [2.75, 3.05) is 18.4 Å². The number of nitrogens with zero attached hydrogens (tertiary/aromatic N) is 1. The lowest BCUT2D eigenvalue weighted by molar-refractivity contribution is -0.0502. The molecule has 0 radical (unpaired) electrons. The van der Waals surface area contributed by atoms with Gasteiger partial charge in [0, 0.05) is 24.3 Å². The fourth-order valence-electron chi connectivity index (χ4n) is 2.31. The predicted octanol–water partition coefficient (Wildman–Crippen LogP) is 2.59. The van der Waals surface area contributed by atoms with E-state index in [2.05, 4.69) is 10.1 Å². The largest absolute Gasteiger partial charge is 0.434 e. The van der Waals surface area contributed by atoms with Gasteiger partial charge in [-0.2, -0.15) is 8.78 Å². The number of aliphatic hydroxyl groups is 1. The number of piperidine rings is 1. The van der Waals surface area contributed by atoms with Crippen molar-refractivity contribution < 1.29 is 23.4 Å². The summed E-state index contributed by atoms with van der Waals surface area (Å²) in [6.45, 7) is -0.474. The topological polar surface area (TPSA) is 61.8 Å². The number of carbonyl (C=O) groups excluding carboxylic acids is 1. The average molecular weight is 300 g/mol. The molecule has 1 aliphatic rings. The van der Waals surface area contributed by atoms with Crippen LogP contribution in [-0.2, 0) is 0 Å². The third-order valence-corrected chi connectivity index (χ3v) is 3.43. The second kappa shape index (κ2) is 6.71. The molecule has 7 heteroatoms. The van der Waals surface area contributed by atoms with E-state index in [-0.39, 0.29) is 18.3 Å².